The second-order valence-electron chi connectivity index (χ2n) is 6.07. The standard InChI is InChI=1S/C11H10O/c12-11-9-5-1-2-4-3(1)7(9)8(4)10(11)6(2)5/h1-10H/t1?,2?,3?,4?,5-,6-,7-,8+,9?,10?/m1/s1. The monoisotopic (exact) mass is 158 g/mol. The van der Waals surface area contributed by atoms with Crippen molar-refractivity contribution in [3.8, 4) is 0 Å². The topological polar surface area (TPSA) is 17.1 Å². The van der Waals surface area contributed by atoms with Crippen LogP contribution in [0.3, 0.4) is 0 Å². The quantitative estimate of drug-likeness (QED) is 0.509. The molecule has 0 saturated heterocycles. The SMILES string of the molecule is O=C1C2[C@H]3C4C5C6C4[C@@H]2[C@@H]6C1[C@H]53. The summed E-state index contributed by atoms with van der Waals surface area (Å²) in [6, 6.07) is 0. The van der Waals surface area contributed by atoms with Crippen molar-refractivity contribution >= 4 is 5.78 Å². The van der Waals surface area contributed by atoms with Gasteiger partial charge in [0, 0.05) is 11.8 Å². The van der Waals surface area contributed by atoms with Gasteiger partial charge in [-0.1, -0.05) is 0 Å². The summed E-state index contributed by atoms with van der Waals surface area (Å²) in [5, 5.41) is 0. The molecule has 7 fully saturated rings. The second kappa shape index (κ2) is 0.935. The number of hydrogen-bond acceptors (Lipinski definition) is 1. The van der Waals surface area contributed by atoms with Crippen LogP contribution in [0.15, 0.2) is 0 Å². The van der Waals surface area contributed by atoms with Crippen LogP contribution in [0.2, 0.25) is 0 Å². The van der Waals surface area contributed by atoms with Crippen molar-refractivity contribution in [1.82, 2.24) is 0 Å². The average molecular weight is 158 g/mol. The molecule has 12 heavy (non-hydrogen) atoms. The number of rotatable bonds is 0. The normalized spacial score (nSPS) is 93.2. The molecule has 7 aliphatic carbocycles. The van der Waals surface area contributed by atoms with Crippen molar-refractivity contribution in [1.29, 1.82) is 0 Å². The fraction of sp³-hybridized carbons (Fsp3) is 0.909. The van der Waals surface area contributed by atoms with E-state index in [1.54, 1.807) is 0 Å². The Morgan fingerprint density at radius 2 is 0.917 bits per heavy atom. The summed E-state index contributed by atoms with van der Waals surface area (Å²) in [6.07, 6.45) is 0. The zero-order valence-electron chi connectivity index (χ0n) is 6.68. The number of hydrogen-bond donors (Lipinski definition) is 0. The molecular weight excluding hydrogens is 148 g/mol. The second-order valence-corrected chi connectivity index (χ2v) is 6.07. The maximum atomic E-state index is 11.9. The molecule has 1 nitrogen and oxygen atoms in total. The summed E-state index contributed by atoms with van der Waals surface area (Å²) in [7, 11) is 0. The Kier molecular flexibility index (Phi) is 0.372. The lowest BCUT2D eigenvalue weighted by Crippen LogP contribution is -2.62. The van der Waals surface area contributed by atoms with Crippen molar-refractivity contribution in [3.63, 3.8) is 0 Å². The maximum absolute atomic E-state index is 11.9. The van der Waals surface area contributed by atoms with Crippen LogP contribution in [0.25, 0.3) is 0 Å². The van der Waals surface area contributed by atoms with Gasteiger partial charge in [-0.2, -0.15) is 0 Å². The lowest BCUT2D eigenvalue weighted by atomic mass is 9.39. The maximum Gasteiger partial charge on any atom is 0.140 e. The Labute approximate surface area is 70.5 Å². The third-order valence-corrected chi connectivity index (χ3v) is 6.76. The molecular formula is C11H10O. The fourth-order valence-electron chi connectivity index (χ4n) is 7.08. The first-order chi connectivity index (χ1) is 5.91. The molecule has 6 unspecified atom stereocenters. The van der Waals surface area contributed by atoms with Crippen LogP contribution in [0.5, 0.6) is 0 Å². The minimum absolute atomic E-state index is 0.620. The van der Waals surface area contributed by atoms with Gasteiger partial charge in [0.15, 0.2) is 0 Å². The smallest absolute Gasteiger partial charge is 0.140 e. The summed E-state index contributed by atoms with van der Waals surface area (Å²) < 4.78 is 0. The molecule has 0 amide bonds. The highest BCUT2D eigenvalue weighted by Gasteiger charge is 2.94. The van der Waals surface area contributed by atoms with Crippen LogP contribution in [0, 0.1) is 59.2 Å². The largest absolute Gasteiger partial charge is 0.299 e. The van der Waals surface area contributed by atoms with Crippen molar-refractivity contribution in [2.45, 2.75) is 0 Å². The summed E-state index contributed by atoms with van der Waals surface area (Å²) in [5.41, 5.74) is 0. The van der Waals surface area contributed by atoms with Crippen molar-refractivity contribution < 1.29 is 4.79 Å². The van der Waals surface area contributed by atoms with Gasteiger partial charge in [-0.05, 0) is 47.3 Å². The van der Waals surface area contributed by atoms with Crippen LogP contribution in [0.4, 0.5) is 0 Å². The highest BCUT2D eigenvalue weighted by Crippen LogP contribution is 2.95. The number of carbonyl (C=O) groups excluding carboxylic acids is 1. The minimum Gasteiger partial charge on any atom is -0.299 e. The van der Waals surface area contributed by atoms with Crippen LogP contribution in [-0.4, -0.2) is 5.78 Å². The summed E-state index contributed by atoms with van der Waals surface area (Å²) in [4.78, 5) is 11.9. The van der Waals surface area contributed by atoms with E-state index < -0.39 is 0 Å². The molecule has 0 aliphatic heterocycles. The van der Waals surface area contributed by atoms with Crippen LogP contribution >= 0.6 is 0 Å². The molecule has 0 heterocycles. The molecule has 0 aromatic rings. The van der Waals surface area contributed by atoms with E-state index in [2.05, 4.69) is 0 Å². The van der Waals surface area contributed by atoms with Gasteiger partial charge in [-0.15, -0.1) is 0 Å². The summed E-state index contributed by atoms with van der Waals surface area (Å²) in [5.74, 6) is 10.1. The van der Waals surface area contributed by atoms with Gasteiger partial charge in [0.2, 0.25) is 0 Å². The lowest BCUT2D eigenvalue weighted by molar-refractivity contribution is -0.183. The van der Waals surface area contributed by atoms with E-state index in [0.717, 1.165) is 53.1 Å². The molecule has 7 saturated carbocycles. The minimum atomic E-state index is 0.620. The van der Waals surface area contributed by atoms with E-state index in [4.69, 9.17) is 0 Å². The predicted molar refractivity (Wildman–Crippen MR) is 39.9 cm³/mol. The van der Waals surface area contributed by atoms with E-state index in [0.29, 0.717) is 11.8 Å². The summed E-state index contributed by atoms with van der Waals surface area (Å²) >= 11 is 0. The van der Waals surface area contributed by atoms with Crippen molar-refractivity contribution in [2.75, 3.05) is 0 Å². The molecule has 7 rings (SSSR count). The zero-order valence-corrected chi connectivity index (χ0v) is 6.68. The van der Waals surface area contributed by atoms with E-state index in [9.17, 15) is 4.79 Å². The van der Waals surface area contributed by atoms with Gasteiger partial charge in [-0.25, -0.2) is 0 Å². The van der Waals surface area contributed by atoms with Gasteiger partial charge < -0.3 is 0 Å². The number of carbonyl (C=O) groups is 1. The zero-order chi connectivity index (χ0) is 7.35. The van der Waals surface area contributed by atoms with Gasteiger partial charge in [0.1, 0.15) is 5.78 Å². The first-order valence-electron chi connectivity index (χ1n) is 5.45. The predicted octanol–water partition coefficient (Wildman–Crippen LogP) is 0.799. The number of ketones is 1. The van der Waals surface area contributed by atoms with Crippen molar-refractivity contribution in [2.24, 2.45) is 59.2 Å². The van der Waals surface area contributed by atoms with Crippen molar-refractivity contribution in [3.05, 3.63) is 0 Å². The Morgan fingerprint density at radius 3 is 1.25 bits per heavy atom. The third-order valence-electron chi connectivity index (χ3n) is 6.76. The van der Waals surface area contributed by atoms with Crippen LogP contribution < -0.4 is 0 Å². The van der Waals surface area contributed by atoms with Gasteiger partial charge in [0.05, 0.1) is 0 Å². The van der Waals surface area contributed by atoms with Crippen LogP contribution in [-0.2, 0) is 4.79 Å². The molecule has 10 atom stereocenters. The lowest BCUT2D eigenvalue weighted by Gasteiger charge is -2.65. The molecule has 1 heteroatoms. The first kappa shape index (κ1) is 4.78. The highest BCUT2D eigenvalue weighted by molar-refractivity contribution is 5.93. The van der Waals surface area contributed by atoms with E-state index in [1.807, 2.05) is 0 Å². The molecule has 0 N–H and O–H groups in total. The molecule has 0 spiro atoms. The molecule has 0 aromatic carbocycles. The third kappa shape index (κ3) is 0.179. The van der Waals surface area contributed by atoms with E-state index in [1.165, 1.54) is 0 Å². The number of Topliss-reactive ketones (excluding diaryl/α,β-unsaturated/α-hetero) is 1. The molecule has 60 valence electrons. The summed E-state index contributed by atoms with van der Waals surface area (Å²) in [6.45, 7) is 0. The first-order valence-corrected chi connectivity index (χ1v) is 5.45. The molecule has 0 radical (unpaired) electrons. The van der Waals surface area contributed by atoms with Gasteiger partial charge >= 0.3 is 0 Å². The van der Waals surface area contributed by atoms with Gasteiger partial charge in [-0.3, -0.25) is 4.79 Å². The molecule has 7 aliphatic rings. The molecule has 2 bridgehead atoms. The highest BCUT2D eigenvalue weighted by atomic mass is 16.1. The van der Waals surface area contributed by atoms with Crippen LogP contribution in [0.1, 0.15) is 0 Å². The molecule has 0 aromatic heterocycles. The average Bonchev–Trinajstić information content (AvgIpc) is 2.40. The Hall–Kier alpha value is -0.330. The van der Waals surface area contributed by atoms with Gasteiger partial charge in [0.25, 0.3) is 0 Å². The Balaban J connectivity index is 1.86. The van der Waals surface area contributed by atoms with E-state index in [-0.39, 0.29) is 0 Å². The fourth-order valence-corrected chi connectivity index (χ4v) is 7.08. The Bertz CT molecular complexity index is 303. The van der Waals surface area contributed by atoms with E-state index >= 15 is 0 Å². The Morgan fingerprint density at radius 1 is 0.583 bits per heavy atom.